The Morgan fingerprint density at radius 1 is 1.22 bits per heavy atom. The molecule has 1 aliphatic heterocycles. The molecular formula is C20H21ClN2O3S. The van der Waals surface area contributed by atoms with Crippen LogP contribution in [-0.4, -0.2) is 36.0 Å². The second-order valence-electron chi connectivity index (χ2n) is 6.49. The van der Waals surface area contributed by atoms with Crippen molar-refractivity contribution in [2.75, 3.05) is 18.5 Å². The third-order valence-corrected chi connectivity index (χ3v) is 5.28. The highest BCUT2D eigenvalue weighted by atomic mass is 35.5. The number of imide groups is 1. The minimum absolute atomic E-state index is 0.0363. The van der Waals surface area contributed by atoms with Crippen molar-refractivity contribution in [3.63, 3.8) is 0 Å². The molecule has 27 heavy (non-hydrogen) atoms. The highest BCUT2D eigenvalue weighted by Crippen LogP contribution is 2.33. The number of benzene rings is 1. The van der Waals surface area contributed by atoms with Crippen LogP contribution >= 0.6 is 22.9 Å². The van der Waals surface area contributed by atoms with Crippen LogP contribution in [0.3, 0.4) is 0 Å². The number of hydrogen-bond acceptors (Lipinski definition) is 5. The van der Waals surface area contributed by atoms with Crippen molar-refractivity contribution in [3.05, 3.63) is 56.9 Å². The topological polar surface area (TPSA) is 58.6 Å². The molecule has 0 saturated heterocycles. The third kappa shape index (κ3) is 4.24. The maximum absolute atomic E-state index is 13.0. The van der Waals surface area contributed by atoms with E-state index in [0.29, 0.717) is 22.9 Å². The van der Waals surface area contributed by atoms with Gasteiger partial charge < -0.3 is 10.1 Å². The summed E-state index contributed by atoms with van der Waals surface area (Å²) in [6.07, 6.45) is 0.0363. The number of carbonyl (C=O) groups excluding carboxylic acids is 2. The number of aryl methyl sites for hydroxylation is 1. The van der Waals surface area contributed by atoms with Crippen LogP contribution in [-0.2, 0) is 14.3 Å². The van der Waals surface area contributed by atoms with E-state index in [9.17, 15) is 9.59 Å². The smallest absolute Gasteiger partial charge is 0.278 e. The van der Waals surface area contributed by atoms with Gasteiger partial charge in [0.15, 0.2) is 0 Å². The van der Waals surface area contributed by atoms with E-state index in [4.69, 9.17) is 16.3 Å². The first-order valence-electron chi connectivity index (χ1n) is 8.67. The molecule has 7 heteroatoms. The Hall–Kier alpha value is -2.15. The van der Waals surface area contributed by atoms with Gasteiger partial charge >= 0.3 is 0 Å². The van der Waals surface area contributed by atoms with Gasteiger partial charge in [0.1, 0.15) is 5.70 Å². The molecule has 2 aromatic rings. The molecule has 3 rings (SSSR count). The van der Waals surface area contributed by atoms with Crippen LogP contribution in [0.1, 0.15) is 24.3 Å². The Morgan fingerprint density at radius 3 is 2.67 bits per heavy atom. The molecule has 0 fully saturated rings. The van der Waals surface area contributed by atoms with Crippen molar-refractivity contribution < 1.29 is 14.3 Å². The van der Waals surface area contributed by atoms with Gasteiger partial charge in [-0.1, -0.05) is 23.7 Å². The summed E-state index contributed by atoms with van der Waals surface area (Å²) < 4.78 is 5.51. The van der Waals surface area contributed by atoms with Crippen LogP contribution in [0.5, 0.6) is 0 Å². The molecule has 0 bridgehead atoms. The number of thiophene rings is 1. The number of carbonyl (C=O) groups is 2. The molecule has 0 saturated carbocycles. The van der Waals surface area contributed by atoms with Gasteiger partial charge in [-0.3, -0.25) is 14.5 Å². The predicted octanol–water partition coefficient (Wildman–Crippen LogP) is 4.33. The Morgan fingerprint density at radius 2 is 2.00 bits per heavy atom. The molecule has 142 valence electrons. The quantitative estimate of drug-likeness (QED) is 0.698. The number of ether oxygens (including phenoxy) is 1. The SMILES string of the molecule is Cc1ccc(Cl)cc1NC1=C(c2cccs2)C(=O)N(CCOC(C)C)C1=O. The van der Waals surface area contributed by atoms with Gasteiger partial charge in [-0.25, -0.2) is 0 Å². The Balaban J connectivity index is 1.94. The zero-order valence-electron chi connectivity index (χ0n) is 15.4. The van der Waals surface area contributed by atoms with E-state index in [0.717, 1.165) is 10.4 Å². The number of hydrogen-bond donors (Lipinski definition) is 1. The van der Waals surface area contributed by atoms with Gasteiger partial charge in [-0.15, -0.1) is 11.3 Å². The number of halogens is 1. The van der Waals surface area contributed by atoms with Crippen LogP contribution in [0.2, 0.25) is 5.02 Å². The second kappa shape index (κ2) is 8.25. The van der Waals surface area contributed by atoms with E-state index in [2.05, 4.69) is 5.32 Å². The van der Waals surface area contributed by atoms with Gasteiger partial charge in [0.25, 0.3) is 11.8 Å². The molecule has 2 amide bonds. The maximum atomic E-state index is 13.0. The fraction of sp³-hybridized carbons (Fsp3) is 0.300. The Kier molecular flexibility index (Phi) is 5.99. The van der Waals surface area contributed by atoms with Crippen LogP contribution < -0.4 is 5.32 Å². The number of amides is 2. The van der Waals surface area contributed by atoms with Crippen molar-refractivity contribution in [2.24, 2.45) is 0 Å². The lowest BCUT2D eigenvalue weighted by atomic mass is 10.1. The first-order chi connectivity index (χ1) is 12.9. The summed E-state index contributed by atoms with van der Waals surface area (Å²) in [5.41, 5.74) is 2.29. The summed E-state index contributed by atoms with van der Waals surface area (Å²) in [5, 5.41) is 5.58. The first kappa shape index (κ1) is 19.6. The van der Waals surface area contributed by atoms with Gasteiger partial charge in [0, 0.05) is 15.6 Å². The summed E-state index contributed by atoms with van der Waals surface area (Å²) in [7, 11) is 0. The number of anilines is 1. The minimum atomic E-state index is -0.352. The summed E-state index contributed by atoms with van der Waals surface area (Å²) in [6.45, 7) is 6.26. The zero-order chi connectivity index (χ0) is 19.6. The van der Waals surface area contributed by atoms with Gasteiger partial charge in [-0.05, 0) is 49.9 Å². The molecule has 5 nitrogen and oxygen atoms in total. The molecule has 1 aromatic carbocycles. The van der Waals surface area contributed by atoms with Crippen LogP contribution in [0.4, 0.5) is 5.69 Å². The summed E-state index contributed by atoms with van der Waals surface area (Å²) in [6, 6.07) is 9.10. The van der Waals surface area contributed by atoms with E-state index >= 15 is 0 Å². The van der Waals surface area contributed by atoms with E-state index in [1.165, 1.54) is 16.2 Å². The normalized spacial score (nSPS) is 14.6. The molecule has 1 N–H and O–H groups in total. The molecule has 0 unspecified atom stereocenters. The average molecular weight is 405 g/mol. The third-order valence-electron chi connectivity index (χ3n) is 4.16. The fourth-order valence-corrected chi connectivity index (χ4v) is 3.73. The summed E-state index contributed by atoms with van der Waals surface area (Å²) in [4.78, 5) is 28.0. The summed E-state index contributed by atoms with van der Waals surface area (Å²) in [5.74, 6) is -0.660. The molecule has 2 heterocycles. The van der Waals surface area contributed by atoms with Crippen molar-refractivity contribution >= 4 is 46.0 Å². The molecule has 0 spiro atoms. The number of rotatable bonds is 7. The molecular weight excluding hydrogens is 384 g/mol. The lowest BCUT2D eigenvalue weighted by Crippen LogP contribution is -2.35. The predicted molar refractivity (Wildman–Crippen MR) is 109 cm³/mol. The van der Waals surface area contributed by atoms with Crippen molar-refractivity contribution in [1.82, 2.24) is 4.90 Å². The van der Waals surface area contributed by atoms with Gasteiger partial charge in [0.2, 0.25) is 0 Å². The van der Waals surface area contributed by atoms with Crippen LogP contribution in [0, 0.1) is 6.92 Å². The lowest BCUT2D eigenvalue weighted by molar-refractivity contribution is -0.137. The Bertz CT molecular complexity index is 891. The monoisotopic (exact) mass is 404 g/mol. The van der Waals surface area contributed by atoms with Crippen LogP contribution in [0.15, 0.2) is 41.4 Å². The lowest BCUT2D eigenvalue weighted by Gasteiger charge is -2.16. The molecule has 0 atom stereocenters. The Labute approximate surface area is 167 Å². The summed E-state index contributed by atoms with van der Waals surface area (Å²) >= 11 is 7.52. The van der Waals surface area contributed by atoms with E-state index in [1.54, 1.807) is 12.1 Å². The zero-order valence-corrected chi connectivity index (χ0v) is 17.0. The second-order valence-corrected chi connectivity index (χ2v) is 7.88. The van der Waals surface area contributed by atoms with Gasteiger partial charge in [0.05, 0.1) is 24.8 Å². The largest absolute Gasteiger partial charge is 0.377 e. The molecule has 0 radical (unpaired) electrons. The van der Waals surface area contributed by atoms with E-state index < -0.39 is 0 Å². The number of nitrogens with one attached hydrogen (secondary N) is 1. The maximum Gasteiger partial charge on any atom is 0.278 e. The highest BCUT2D eigenvalue weighted by molar-refractivity contribution is 7.11. The highest BCUT2D eigenvalue weighted by Gasteiger charge is 2.39. The van der Waals surface area contributed by atoms with Crippen LogP contribution in [0.25, 0.3) is 5.57 Å². The van der Waals surface area contributed by atoms with Crippen molar-refractivity contribution in [3.8, 4) is 0 Å². The van der Waals surface area contributed by atoms with E-state index in [-0.39, 0.29) is 30.2 Å². The van der Waals surface area contributed by atoms with E-state index in [1.807, 2.05) is 44.4 Å². The molecule has 1 aliphatic rings. The minimum Gasteiger partial charge on any atom is -0.377 e. The fourth-order valence-electron chi connectivity index (χ4n) is 2.79. The standard InChI is InChI=1S/C20H21ClN2O3S/c1-12(2)26-9-8-23-19(24)17(16-5-4-10-27-16)18(20(23)25)22-15-11-14(21)7-6-13(15)3/h4-7,10-12,22H,8-9H2,1-3H3. The molecule has 1 aromatic heterocycles. The average Bonchev–Trinajstić information content (AvgIpc) is 3.20. The van der Waals surface area contributed by atoms with Crippen molar-refractivity contribution in [2.45, 2.75) is 26.9 Å². The first-order valence-corrected chi connectivity index (χ1v) is 9.93. The number of nitrogens with zero attached hydrogens (tertiary/aromatic N) is 1. The molecule has 0 aliphatic carbocycles. The van der Waals surface area contributed by atoms with Gasteiger partial charge in [-0.2, -0.15) is 0 Å². The van der Waals surface area contributed by atoms with Crippen molar-refractivity contribution in [1.29, 1.82) is 0 Å².